The Bertz CT molecular complexity index is 667. The van der Waals surface area contributed by atoms with Crippen LogP contribution in [-0.2, 0) is 11.2 Å². The summed E-state index contributed by atoms with van der Waals surface area (Å²) in [7, 11) is 1.55. The van der Waals surface area contributed by atoms with E-state index in [9.17, 15) is 9.59 Å². The van der Waals surface area contributed by atoms with Crippen molar-refractivity contribution in [3.05, 3.63) is 28.8 Å². The first-order chi connectivity index (χ1) is 11.5. The molecule has 126 valence electrons. The lowest BCUT2D eigenvalue weighted by molar-refractivity contribution is -0.107. The number of aryl methyl sites for hydroxylation is 1. The molecule has 0 radical (unpaired) electrons. The third kappa shape index (κ3) is 4.18. The average Bonchev–Trinajstić information content (AvgIpc) is 2.62. The normalized spacial score (nSPS) is 15.6. The number of alkyl halides is 1. The van der Waals surface area contributed by atoms with Crippen LogP contribution in [0.2, 0.25) is 12.6 Å². The second-order valence-electron chi connectivity index (χ2n) is 6.03. The van der Waals surface area contributed by atoms with Gasteiger partial charge in [0.25, 0.3) is 12.6 Å². The van der Waals surface area contributed by atoms with E-state index in [-0.39, 0.29) is 17.4 Å². The molecule has 0 spiro atoms. The average molecular weight is 391 g/mol. The van der Waals surface area contributed by atoms with Crippen molar-refractivity contribution in [2.45, 2.75) is 30.8 Å². The molecular weight excluding hydrogens is 371 g/mol. The predicted molar refractivity (Wildman–Crippen MR) is 97.1 cm³/mol. The van der Waals surface area contributed by atoms with Gasteiger partial charge in [-0.3, -0.25) is 4.79 Å². The van der Waals surface area contributed by atoms with E-state index in [2.05, 4.69) is 21.9 Å². The summed E-state index contributed by atoms with van der Waals surface area (Å²) in [6, 6.07) is 3.67. The Morgan fingerprint density at radius 1 is 1.50 bits per heavy atom. The second-order valence-corrected chi connectivity index (χ2v) is 7.21. The number of hydrogen-bond donors (Lipinski definition) is 0. The zero-order valence-corrected chi connectivity index (χ0v) is 15.5. The van der Waals surface area contributed by atoms with E-state index in [0.717, 1.165) is 17.4 Å². The third-order valence-corrected chi connectivity index (χ3v) is 4.96. The van der Waals surface area contributed by atoms with Gasteiger partial charge in [0.15, 0.2) is 0 Å². The van der Waals surface area contributed by atoms with Crippen LogP contribution in [0.25, 0.3) is 0 Å². The summed E-state index contributed by atoms with van der Waals surface area (Å²) in [5, 5.41) is 8.98. The Balaban J connectivity index is 2.27. The van der Waals surface area contributed by atoms with Crippen LogP contribution in [0.5, 0.6) is 5.75 Å². The lowest BCUT2D eigenvalue weighted by Crippen LogP contribution is -2.40. The van der Waals surface area contributed by atoms with Gasteiger partial charge in [0.1, 0.15) is 12.0 Å². The highest BCUT2D eigenvalue weighted by atomic mass is 79.9. The van der Waals surface area contributed by atoms with E-state index in [1.165, 1.54) is 0 Å². The Kier molecular flexibility index (Phi) is 6.44. The van der Waals surface area contributed by atoms with Crippen molar-refractivity contribution in [2.75, 3.05) is 20.2 Å². The summed E-state index contributed by atoms with van der Waals surface area (Å²) in [4.78, 5) is 25.3. The van der Waals surface area contributed by atoms with Crippen molar-refractivity contribution in [2.24, 2.45) is 0 Å². The largest absolute Gasteiger partial charge is 0.496 e. The number of benzene rings is 1. The SMILES string of the molecule is COc1cc(C)c(CC(Br)C=O)cc1C(=O)N1CCB(C#N)CC1. The van der Waals surface area contributed by atoms with Gasteiger partial charge in [0.2, 0.25) is 0 Å². The van der Waals surface area contributed by atoms with Crippen LogP contribution in [0.1, 0.15) is 21.5 Å². The first-order valence-corrected chi connectivity index (χ1v) is 8.87. The lowest BCUT2D eigenvalue weighted by Gasteiger charge is -2.29. The van der Waals surface area contributed by atoms with Gasteiger partial charge >= 0.3 is 0 Å². The summed E-state index contributed by atoms with van der Waals surface area (Å²) in [6.07, 6.45) is 2.78. The number of methoxy groups -OCH3 is 1. The monoisotopic (exact) mass is 390 g/mol. The van der Waals surface area contributed by atoms with Gasteiger partial charge in [-0.05, 0) is 49.2 Å². The number of rotatable bonds is 5. The Labute approximate surface area is 151 Å². The standard InChI is InChI=1S/C17H20BBrN2O3/c1-12-7-16(24-2)15(9-13(12)8-14(19)10-22)17(23)21-5-3-18(11-20)4-6-21/h7,9-10,14H,3-6,8H2,1-2H3. The molecule has 1 aliphatic rings. The van der Waals surface area contributed by atoms with Gasteiger partial charge in [-0.15, -0.1) is 0 Å². The van der Waals surface area contributed by atoms with Gasteiger partial charge in [0, 0.05) is 19.1 Å². The smallest absolute Gasteiger partial charge is 0.271 e. The van der Waals surface area contributed by atoms with Gasteiger partial charge in [0.05, 0.1) is 17.5 Å². The van der Waals surface area contributed by atoms with Gasteiger partial charge < -0.3 is 14.4 Å². The minimum Gasteiger partial charge on any atom is -0.496 e. The maximum absolute atomic E-state index is 12.9. The maximum Gasteiger partial charge on any atom is 0.271 e. The molecule has 2 rings (SSSR count). The van der Waals surface area contributed by atoms with Crippen molar-refractivity contribution >= 4 is 34.8 Å². The molecule has 0 aliphatic carbocycles. The van der Waals surface area contributed by atoms with E-state index in [0.29, 0.717) is 43.5 Å². The summed E-state index contributed by atoms with van der Waals surface area (Å²) in [5.74, 6) is 2.73. The van der Waals surface area contributed by atoms with Crippen molar-refractivity contribution in [1.29, 1.82) is 5.26 Å². The number of amides is 1. The van der Waals surface area contributed by atoms with Crippen LogP contribution < -0.4 is 4.74 Å². The Hall–Kier alpha value is -1.81. The van der Waals surface area contributed by atoms with Gasteiger partial charge in [-0.2, -0.15) is 0 Å². The minimum atomic E-state index is -0.279. The molecule has 1 saturated heterocycles. The summed E-state index contributed by atoms with van der Waals surface area (Å²) in [6.45, 7) is 3.14. The number of aldehydes is 1. The maximum atomic E-state index is 12.9. The van der Waals surface area contributed by atoms with Crippen LogP contribution in [0.3, 0.4) is 0 Å². The van der Waals surface area contributed by atoms with Crippen molar-refractivity contribution in [1.82, 2.24) is 4.90 Å². The fourth-order valence-electron chi connectivity index (χ4n) is 2.92. The second kappa shape index (κ2) is 8.34. The zero-order valence-electron chi connectivity index (χ0n) is 13.9. The van der Waals surface area contributed by atoms with Crippen LogP contribution in [0.15, 0.2) is 12.1 Å². The van der Waals surface area contributed by atoms with E-state index in [4.69, 9.17) is 10.00 Å². The molecule has 1 aliphatic heterocycles. The van der Waals surface area contributed by atoms with E-state index < -0.39 is 0 Å². The highest BCUT2D eigenvalue weighted by molar-refractivity contribution is 9.09. The molecule has 0 aromatic heterocycles. The highest BCUT2D eigenvalue weighted by Crippen LogP contribution is 2.27. The molecule has 1 amide bonds. The first kappa shape index (κ1) is 18.5. The van der Waals surface area contributed by atoms with Crippen molar-refractivity contribution < 1.29 is 14.3 Å². The molecule has 1 aromatic rings. The number of carbonyl (C=O) groups is 2. The molecule has 1 atom stereocenters. The van der Waals surface area contributed by atoms with Crippen LogP contribution in [-0.4, -0.2) is 48.8 Å². The molecule has 0 bridgehead atoms. The molecule has 1 aromatic carbocycles. The molecule has 0 N–H and O–H groups in total. The molecule has 7 heteroatoms. The Morgan fingerprint density at radius 2 is 2.17 bits per heavy atom. The fourth-order valence-corrected chi connectivity index (χ4v) is 3.27. The van der Waals surface area contributed by atoms with Crippen molar-refractivity contribution in [3.8, 4) is 11.7 Å². The molecule has 1 fully saturated rings. The zero-order chi connectivity index (χ0) is 17.7. The summed E-state index contributed by atoms with van der Waals surface area (Å²) < 4.78 is 5.39. The molecular formula is C17H20BBrN2O3. The van der Waals surface area contributed by atoms with Crippen LogP contribution >= 0.6 is 15.9 Å². The molecule has 1 heterocycles. The number of nitriles is 1. The molecule has 24 heavy (non-hydrogen) atoms. The van der Waals surface area contributed by atoms with Crippen LogP contribution in [0, 0.1) is 18.2 Å². The lowest BCUT2D eigenvalue weighted by atomic mass is 9.45. The van der Waals surface area contributed by atoms with E-state index in [1.807, 2.05) is 19.1 Å². The molecule has 1 unspecified atom stereocenters. The number of nitrogens with zero attached hydrogens (tertiary/aromatic N) is 2. The minimum absolute atomic E-state index is 0.0336. The third-order valence-electron chi connectivity index (χ3n) is 4.42. The quantitative estimate of drug-likeness (QED) is 0.440. The highest BCUT2D eigenvalue weighted by Gasteiger charge is 2.28. The van der Waals surface area contributed by atoms with E-state index in [1.54, 1.807) is 12.0 Å². The summed E-state index contributed by atoms with van der Waals surface area (Å²) >= 11 is 3.31. The first-order valence-electron chi connectivity index (χ1n) is 7.96. The summed E-state index contributed by atoms with van der Waals surface area (Å²) in [5.41, 5.74) is 2.44. The fraction of sp³-hybridized carbons (Fsp3) is 0.471. The van der Waals surface area contributed by atoms with Crippen molar-refractivity contribution in [3.63, 3.8) is 0 Å². The molecule has 0 saturated carbocycles. The topological polar surface area (TPSA) is 70.4 Å². The number of halogens is 1. The van der Waals surface area contributed by atoms with Gasteiger partial charge in [-0.1, -0.05) is 15.9 Å². The Morgan fingerprint density at radius 3 is 2.71 bits per heavy atom. The number of hydrogen-bond acceptors (Lipinski definition) is 4. The number of ether oxygens (including phenoxy) is 1. The van der Waals surface area contributed by atoms with Crippen LogP contribution in [0.4, 0.5) is 0 Å². The predicted octanol–water partition coefficient (Wildman–Crippen LogP) is 2.52. The van der Waals surface area contributed by atoms with E-state index >= 15 is 0 Å². The molecule has 5 nitrogen and oxygen atoms in total. The van der Waals surface area contributed by atoms with Gasteiger partial charge in [-0.25, -0.2) is 5.26 Å². The number of carbonyl (C=O) groups excluding carboxylic acids is 2.